The number of aliphatic hydroxyl groups excluding tert-OH is 1. The van der Waals surface area contributed by atoms with Gasteiger partial charge >= 0.3 is 6.03 Å². The van der Waals surface area contributed by atoms with E-state index in [1.807, 2.05) is 0 Å². The highest BCUT2D eigenvalue weighted by Gasteiger charge is 2.43. The van der Waals surface area contributed by atoms with Crippen molar-refractivity contribution in [1.82, 2.24) is 4.90 Å². The summed E-state index contributed by atoms with van der Waals surface area (Å²) in [5.74, 6) is -0.680. The van der Waals surface area contributed by atoms with E-state index in [1.165, 1.54) is 25.2 Å². The normalized spacial score (nSPS) is 20.4. The molecule has 5 nitrogen and oxygen atoms in total. The van der Waals surface area contributed by atoms with Crippen LogP contribution in [0.15, 0.2) is 18.2 Å². The summed E-state index contributed by atoms with van der Waals surface area (Å²) in [5, 5.41) is 10.2. The number of anilines is 1. The fraction of sp³-hybridized carbons (Fsp3) is 0.200. The van der Waals surface area contributed by atoms with Gasteiger partial charge in [0.2, 0.25) is 6.23 Å². The summed E-state index contributed by atoms with van der Waals surface area (Å²) in [5.41, 5.74) is 0.314. The van der Waals surface area contributed by atoms with E-state index in [2.05, 4.69) is 0 Å². The minimum absolute atomic E-state index is 0.242. The Hall–Kier alpha value is -1.30. The summed E-state index contributed by atoms with van der Waals surface area (Å²) in [4.78, 5) is 24.9. The molecule has 7 heteroatoms. The fourth-order valence-electron chi connectivity index (χ4n) is 1.53. The minimum atomic E-state index is -1.52. The molecule has 0 aromatic heterocycles. The quantitative estimate of drug-likeness (QED) is 0.794. The number of carbonyl (C=O) groups excluding carboxylic acids is 2. The van der Waals surface area contributed by atoms with Gasteiger partial charge in [0.1, 0.15) is 0 Å². The maximum atomic E-state index is 11.7. The van der Waals surface area contributed by atoms with Gasteiger partial charge < -0.3 is 5.11 Å². The van der Waals surface area contributed by atoms with Gasteiger partial charge in [-0.15, -0.1) is 0 Å². The van der Waals surface area contributed by atoms with Crippen molar-refractivity contribution in [3.05, 3.63) is 28.2 Å². The van der Waals surface area contributed by atoms with Crippen molar-refractivity contribution < 1.29 is 14.7 Å². The lowest BCUT2D eigenvalue weighted by atomic mass is 10.3. The first-order chi connectivity index (χ1) is 7.93. The molecule has 0 aliphatic carbocycles. The number of likely N-dealkylation sites (N-methyl/N-ethyl adjacent to an activating group) is 1. The number of rotatable bonds is 1. The van der Waals surface area contributed by atoms with Gasteiger partial charge in [-0.2, -0.15) is 0 Å². The van der Waals surface area contributed by atoms with E-state index < -0.39 is 18.2 Å². The Morgan fingerprint density at radius 2 is 1.88 bits per heavy atom. The molecule has 0 saturated carbocycles. The fourth-order valence-corrected chi connectivity index (χ4v) is 1.82. The minimum Gasteiger partial charge on any atom is -0.365 e. The average molecular weight is 275 g/mol. The van der Waals surface area contributed by atoms with Gasteiger partial charge in [0.15, 0.2) is 0 Å². The molecular weight excluding hydrogens is 267 g/mol. The summed E-state index contributed by atoms with van der Waals surface area (Å²) >= 11 is 11.6. The van der Waals surface area contributed by atoms with Gasteiger partial charge in [0, 0.05) is 7.05 Å². The number of amides is 3. The van der Waals surface area contributed by atoms with Crippen LogP contribution in [0.2, 0.25) is 10.0 Å². The molecule has 3 amide bonds. The Bertz CT molecular complexity index is 506. The van der Waals surface area contributed by atoms with Crippen LogP contribution in [-0.4, -0.2) is 35.2 Å². The maximum Gasteiger partial charge on any atom is 0.333 e. The molecule has 0 radical (unpaired) electrons. The van der Waals surface area contributed by atoms with Gasteiger partial charge in [-0.1, -0.05) is 23.2 Å². The zero-order valence-corrected chi connectivity index (χ0v) is 10.2. The summed E-state index contributed by atoms with van der Waals surface area (Å²) < 4.78 is 0. The number of hydrogen-bond acceptors (Lipinski definition) is 3. The summed E-state index contributed by atoms with van der Waals surface area (Å²) in [6, 6.07) is 3.79. The molecule has 1 unspecified atom stereocenters. The number of urea groups is 1. The molecular formula is C10H8Cl2N2O3. The third kappa shape index (κ3) is 1.86. The molecule has 0 spiro atoms. The number of benzene rings is 1. The van der Waals surface area contributed by atoms with E-state index in [0.717, 1.165) is 9.80 Å². The molecule has 1 fully saturated rings. The van der Waals surface area contributed by atoms with Crippen molar-refractivity contribution in [2.24, 2.45) is 0 Å². The van der Waals surface area contributed by atoms with Crippen LogP contribution in [0.4, 0.5) is 10.5 Å². The van der Waals surface area contributed by atoms with Crippen LogP contribution < -0.4 is 4.90 Å². The summed E-state index contributed by atoms with van der Waals surface area (Å²) in [7, 11) is 1.30. The lowest BCUT2D eigenvalue weighted by molar-refractivity contribution is -0.132. The Labute approximate surface area is 107 Å². The molecule has 17 heavy (non-hydrogen) atoms. The van der Waals surface area contributed by atoms with Gasteiger partial charge in [-0.25, -0.2) is 4.79 Å². The van der Waals surface area contributed by atoms with Crippen LogP contribution in [0, 0.1) is 0 Å². The number of imide groups is 1. The second-order valence-corrected chi connectivity index (χ2v) is 4.34. The Morgan fingerprint density at radius 1 is 1.24 bits per heavy atom. The highest BCUT2D eigenvalue weighted by atomic mass is 35.5. The van der Waals surface area contributed by atoms with Crippen LogP contribution in [0.3, 0.4) is 0 Å². The number of hydrogen-bond donors (Lipinski definition) is 1. The van der Waals surface area contributed by atoms with Crippen molar-refractivity contribution in [1.29, 1.82) is 0 Å². The third-order valence-corrected chi connectivity index (χ3v) is 3.21. The highest BCUT2D eigenvalue weighted by Crippen LogP contribution is 2.30. The number of aliphatic hydroxyl groups is 1. The standard InChI is InChI=1S/C10H8Cl2N2O3/c1-13-8(15)9(16)14(10(13)17)5-2-3-6(11)7(12)4-5/h2-4,9,16H,1H3. The number of carbonyl (C=O) groups is 2. The van der Waals surface area contributed by atoms with Crippen molar-refractivity contribution in [2.75, 3.05) is 11.9 Å². The zero-order valence-electron chi connectivity index (χ0n) is 8.72. The first-order valence-electron chi connectivity index (χ1n) is 4.67. The summed E-state index contributed by atoms with van der Waals surface area (Å²) in [6.45, 7) is 0. The molecule has 0 bridgehead atoms. The highest BCUT2D eigenvalue weighted by molar-refractivity contribution is 6.42. The predicted octanol–water partition coefficient (Wildman–Crippen LogP) is 1.71. The lowest BCUT2D eigenvalue weighted by Crippen LogP contribution is -2.34. The second-order valence-electron chi connectivity index (χ2n) is 3.52. The van der Waals surface area contributed by atoms with Crippen molar-refractivity contribution >= 4 is 40.8 Å². The van der Waals surface area contributed by atoms with Gasteiger partial charge in [0.05, 0.1) is 15.7 Å². The smallest absolute Gasteiger partial charge is 0.333 e. The van der Waals surface area contributed by atoms with Crippen molar-refractivity contribution in [3.8, 4) is 0 Å². The predicted molar refractivity (Wildman–Crippen MR) is 63.1 cm³/mol. The van der Waals surface area contributed by atoms with Crippen LogP contribution in [0.1, 0.15) is 0 Å². The van der Waals surface area contributed by atoms with E-state index >= 15 is 0 Å². The van der Waals surface area contributed by atoms with E-state index in [-0.39, 0.29) is 5.02 Å². The van der Waals surface area contributed by atoms with Crippen molar-refractivity contribution in [2.45, 2.75) is 6.23 Å². The molecule has 90 valence electrons. The van der Waals surface area contributed by atoms with E-state index in [9.17, 15) is 14.7 Å². The first-order valence-corrected chi connectivity index (χ1v) is 5.43. The van der Waals surface area contributed by atoms with E-state index in [1.54, 1.807) is 0 Å². The molecule has 1 N–H and O–H groups in total. The zero-order chi connectivity index (χ0) is 12.7. The van der Waals surface area contributed by atoms with E-state index in [4.69, 9.17) is 23.2 Å². The average Bonchev–Trinajstić information content (AvgIpc) is 2.48. The largest absolute Gasteiger partial charge is 0.365 e. The van der Waals surface area contributed by atoms with Gasteiger partial charge in [0.25, 0.3) is 5.91 Å². The van der Waals surface area contributed by atoms with Gasteiger partial charge in [-0.3, -0.25) is 14.6 Å². The molecule has 1 saturated heterocycles. The SMILES string of the molecule is CN1C(=O)C(O)N(c2ccc(Cl)c(Cl)c2)C1=O. The second kappa shape index (κ2) is 4.18. The molecule has 2 rings (SSSR count). The Kier molecular flexibility index (Phi) is 2.99. The molecule has 1 aromatic carbocycles. The van der Waals surface area contributed by atoms with Crippen LogP contribution in [0.5, 0.6) is 0 Å². The van der Waals surface area contributed by atoms with Gasteiger partial charge in [-0.05, 0) is 18.2 Å². The monoisotopic (exact) mass is 274 g/mol. The van der Waals surface area contributed by atoms with Crippen LogP contribution in [-0.2, 0) is 4.79 Å². The number of halogens is 2. The summed E-state index contributed by atoms with van der Waals surface area (Å²) in [6.07, 6.45) is -1.52. The molecule has 1 aromatic rings. The van der Waals surface area contributed by atoms with Crippen molar-refractivity contribution in [3.63, 3.8) is 0 Å². The first kappa shape index (κ1) is 12.2. The Balaban J connectivity index is 2.43. The lowest BCUT2D eigenvalue weighted by Gasteiger charge is -2.18. The maximum absolute atomic E-state index is 11.7. The third-order valence-electron chi connectivity index (χ3n) is 2.47. The molecule has 1 aliphatic heterocycles. The Morgan fingerprint density at radius 3 is 2.35 bits per heavy atom. The molecule has 1 aliphatic rings. The number of nitrogens with zero attached hydrogens (tertiary/aromatic N) is 2. The molecule has 1 heterocycles. The van der Waals surface area contributed by atoms with Crippen LogP contribution >= 0.6 is 23.2 Å². The van der Waals surface area contributed by atoms with E-state index in [0.29, 0.717) is 10.7 Å². The topological polar surface area (TPSA) is 60.9 Å². The van der Waals surface area contributed by atoms with Crippen LogP contribution in [0.25, 0.3) is 0 Å². The molecule has 1 atom stereocenters.